The molecule has 3 aromatic rings. The van der Waals surface area contributed by atoms with Crippen molar-refractivity contribution in [1.29, 1.82) is 0 Å². The van der Waals surface area contributed by atoms with Crippen molar-refractivity contribution in [3.8, 4) is 5.75 Å². The number of rotatable bonds is 3. The highest BCUT2D eigenvalue weighted by atomic mass is 16.6. The van der Waals surface area contributed by atoms with Gasteiger partial charge in [0.15, 0.2) is 0 Å². The molecule has 0 atom stereocenters. The zero-order valence-corrected chi connectivity index (χ0v) is 11.5. The Kier molecular flexibility index (Phi) is 3.53. The molecule has 0 radical (unpaired) electrons. The largest absolute Gasteiger partial charge is 0.508 e. The summed E-state index contributed by atoms with van der Waals surface area (Å²) < 4.78 is 0. The summed E-state index contributed by atoms with van der Waals surface area (Å²) in [6.45, 7) is 0. The molecule has 0 aliphatic rings. The van der Waals surface area contributed by atoms with E-state index < -0.39 is 4.92 Å². The molecule has 1 N–H and O–H groups in total. The van der Waals surface area contributed by atoms with E-state index in [0.29, 0.717) is 16.6 Å². The molecule has 0 aliphatic carbocycles. The lowest BCUT2D eigenvalue weighted by atomic mass is 10.1. The summed E-state index contributed by atoms with van der Waals surface area (Å²) in [6, 6.07) is 15.1. The van der Waals surface area contributed by atoms with E-state index in [1.807, 2.05) is 12.1 Å². The van der Waals surface area contributed by atoms with Crippen LogP contribution in [0.25, 0.3) is 23.1 Å². The summed E-state index contributed by atoms with van der Waals surface area (Å²) in [6.07, 6.45) is 3.62. The number of nitrogens with zero attached hydrogens (tertiary/aromatic N) is 2. The van der Waals surface area contributed by atoms with Crippen molar-refractivity contribution in [2.75, 3.05) is 0 Å². The summed E-state index contributed by atoms with van der Waals surface area (Å²) in [5.41, 5.74) is 2.16. The molecule has 5 nitrogen and oxygen atoms in total. The Hall–Kier alpha value is -3.21. The van der Waals surface area contributed by atoms with Gasteiger partial charge in [-0.25, -0.2) is 4.98 Å². The number of hydrogen-bond donors (Lipinski definition) is 1. The van der Waals surface area contributed by atoms with E-state index >= 15 is 0 Å². The molecule has 0 amide bonds. The smallest absolute Gasteiger partial charge is 0.278 e. The Morgan fingerprint density at radius 3 is 2.64 bits per heavy atom. The van der Waals surface area contributed by atoms with Crippen molar-refractivity contribution >= 4 is 28.7 Å². The molecule has 1 aromatic heterocycles. The zero-order valence-electron chi connectivity index (χ0n) is 11.5. The Morgan fingerprint density at radius 1 is 1.05 bits per heavy atom. The van der Waals surface area contributed by atoms with Crippen LogP contribution < -0.4 is 0 Å². The lowest BCUT2D eigenvalue weighted by Gasteiger charge is -2.00. The van der Waals surface area contributed by atoms with Crippen molar-refractivity contribution in [2.24, 2.45) is 0 Å². The van der Waals surface area contributed by atoms with Gasteiger partial charge in [-0.2, -0.15) is 0 Å². The second-order valence-electron chi connectivity index (χ2n) is 4.77. The van der Waals surface area contributed by atoms with Gasteiger partial charge in [-0.3, -0.25) is 10.1 Å². The number of hydrogen-bond acceptors (Lipinski definition) is 4. The molecule has 108 valence electrons. The molecule has 5 heteroatoms. The number of aromatic nitrogens is 1. The second-order valence-corrected chi connectivity index (χ2v) is 4.77. The van der Waals surface area contributed by atoms with E-state index in [2.05, 4.69) is 4.98 Å². The van der Waals surface area contributed by atoms with Crippen LogP contribution in [-0.4, -0.2) is 15.0 Å². The molecule has 0 spiro atoms. The lowest BCUT2D eigenvalue weighted by molar-refractivity contribution is -0.383. The summed E-state index contributed by atoms with van der Waals surface area (Å²) in [5, 5.41) is 20.9. The van der Waals surface area contributed by atoms with E-state index in [0.717, 1.165) is 5.56 Å². The van der Waals surface area contributed by atoms with Gasteiger partial charge in [0, 0.05) is 6.07 Å². The van der Waals surface area contributed by atoms with Crippen LogP contribution in [0.4, 0.5) is 5.69 Å². The number of nitro groups is 1. The molecule has 0 aliphatic heterocycles. The van der Waals surface area contributed by atoms with Crippen LogP contribution in [-0.2, 0) is 0 Å². The van der Waals surface area contributed by atoms with E-state index in [9.17, 15) is 15.2 Å². The minimum absolute atomic E-state index is 0.0495. The molecule has 0 fully saturated rings. The minimum Gasteiger partial charge on any atom is -0.508 e. The maximum absolute atomic E-state index is 11.0. The fourth-order valence-corrected chi connectivity index (χ4v) is 2.22. The summed E-state index contributed by atoms with van der Waals surface area (Å²) in [5.74, 6) is 0.198. The standard InChI is InChI=1S/C17H12N2O3/c20-14-4-1-3-12(11-14)7-8-13-9-10-15-16(18-13)5-2-6-17(15)19(21)22/h1-11,20H. The highest BCUT2D eigenvalue weighted by Gasteiger charge is 2.11. The number of pyridine rings is 1. The quantitative estimate of drug-likeness (QED) is 0.584. The van der Waals surface area contributed by atoms with Crippen LogP contribution in [0.15, 0.2) is 54.6 Å². The molecule has 0 unspecified atom stereocenters. The molecular weight excluding hydrogens is 280 g/mol. The minimum atomic E-state index is -0.410. The van der Waals surface area contributed by atoms with Crippen molar-refractivity contribution < 1.29 is 10.0 Å². The van der Waals surface area contributed by atoms with Gasteiger partial charge in [-0.1, -0.05) is 24.3 Å². The van der Waals surface area contributed by atoms with E-state index in [1.165, 1.54) is 6.07 Å². The molecule has 2 aromatic carbocycles. The number of non-ortho nitro benzene ring substituents is 1. The highest BCUT2D eigenvalue weighted by Crippen LogP contribution is 2.24. The van der Waals surface area contributed by atoms with Crippen molar-refractivity contribution in [2.45, 2.75) is 0 Å². The van der Waals surface area contributed by atoms with Gasteiger partial charge in [-0.15, -0.1) is 0 Å². The van der Waals surface area contributed by atoms with Crippen LogP contribution in [0.5, 0.6) is 5.75 Å². The van der Waals surface area contributed by atoms with Gasteiger partial charge in [0.05, 0.1) is 21.5 Å². The Morgan fingerprint density at radius 2 is 1.86 bits per heavy atom. The van der Waals surface area contributed by atoms with Crippen molar-refractivity contribution in [3.05, 3.63) is 76.0 Å². The van der Waals surface area contributed by atoms with Crippen LogP contribution in [0, 0.1) is 10.1 Å². The van der Waals surface area contributed by atoms with Gasteiger partial charge >= 0.3 is 0 Å². The Bertz CT molecular complexity index is 888. The van der Waals surface area contributed by atoms with Crippen molar-refractivity contribution in [3.63, 3.8) is 0 Å². The average molecular weight is 292 g/mol. The summed E-state index contributed by atoms with van der Waals surface area (Å²) in [4.78, 5) is 15.0. The SMILES string of the molecule is O=[N+]([O-])c1cccc2nc(C=Cc3cccc(O)c3)ccc12. The zero-order chi connectivity index (χ0) is 15.5. The third kappa shape index (κ3) is 2.78. The molecule has 0 saturated carbocycles. The Labute approximate surface area is 126 Å². The van der Waals surface area contributed by atoms with Gasteiger partial charge < -0.3 is 5.11 Å². The summed E-state index contributed by atoms with van der Waals surface area (Å²) in [7, 11) is 0. The van der Waals surface area contributed by atoms with Crippen LogP contribution in [0.3, 0.4) is 0 Å². The third-order valence-corrected chi connectivity index (χ3v) is 3.24. The monoisotopic (exact) mass is 292 g/mol. The second kappa shape index (κ2) is 5.65. The average Bonchev–Trinajstić information content (AvgIpc) is 2.52. The predicted molar refractivity (Wildman–Crippen MR) is 85.4 cm³/mol. The Balaban J connectivity index is 1.97. The number of aromatic hydroxyl groups is 1. The molecule has 22 heavy (non-hydrogen) atoms. The number of phenolic OH excluding ortho intramolecular Hbond substituents is 1. The molecular formula is C17H12N2O3. The molecule has 3 rings (SSSR count). The number of fused-ring (bicyclic) bond motifs is 1. The first-order valence-corrected chi connectivity index (χ1v) is 6.65. The highest BCUT2D eigenvalue weighted by molar-refractivity contribution is 5.88. The molecule has 0 bridgehead atoms. The third-order valence-electron chi connectivity index (χ3n) is 3.24. The number of benzene rings is 2. The van der Waals surface area contributed by atoms with E-state index in [1.54, 1.807) is 48.5 Å². The van der Waals surface area contributed by atoms with Gasteiger partial charge in [0.1, 0.15) is 5.75 Å². The van der Waals surface area contributed by atoms with Crippen LogP contribution in [0.1, 0.15) is 11.3 Å². The maximum Gasteiger partial charge on any atom is 0.278 e. The lowest BCUT2D eigenvalue weighted by Crippen LogP contribution is -1.91. The summed E-state index contributed by atoms with van der Waals surface area (Å²) >= 11 is 0. The van der Waals surface area contributed by atoms with Crippen molar-refractivity contribution in [1.82, 2.24) is 4.98 Å². The van der Waals surface area contributed by atoms with Gasteiger partial charge in [0.25, 0.3) is 5.69 Å². The first-order valence-electron chi connectivity index (χ1n) is 6.65. The number of phenols is 1. The topological polar surface area (TPSA) is 76.3 Å². The number of nitro benzene ring substituents is 1. The predicted octanol–water partition coefficient (Wildman–Crippen LogP) is 4.02. The maximum atomic E-state index is 11.0. The molecule has 1 heterocycles. The van der Waals surface area contributed by atoms with Crippen LogP contribution >= 0.6 is 0 Å². The fourth-order valence-electron chi connectivity index (χ4n) is 2.22. The fraction of sp³-hybridized carbons (Fsp3) is 0. The first kappa shape index (κ1) is 13.8. The van der Waals surface area contributed by atoms with E-state index in [-0.39, 0.29) is 11.4 Å². The van der Waals surface area contributed by atoms with Gasteiger partial charge in [-0.05, 0) is 42.0 Å². The van der Waals surface area contributed by atoms with Crippen LogP contribution in [0.2, 0.25) is 0 Å². The first-order chi connectivity index (χ1) is 10.6. The molecule has 0 saturated heterocycles. The van der Waals surface area contributed by atoms with Gasteiger partial charge in [0.2, 0.25) is 0 Å². The normalized spacial score (nSPS) is 11.1. The van der Waals surface area contributed by atoms with E-state index in [4.69, 9.17) is 0 Å².